The fourth-order valence-corrected chi connectivity index (χ4v) is 6.04. The van der Waals surface area contributed by atoms with Crippen molar-refractivity contribution in [2.24, 2.45) is 29.1 Å². The van der Waals surface area contributed by atoms with Crippen molar-refractivity contribution < 1.29 is 14.2 Å². The van der Waals surface area contributed by atoms with Gasteiger partial charge in [-0.05, 0) is 80.6 Å². The van der Waals surface area contributed by atoms with Gasteiger partial charge >= 0.3 is 0 Å². The van der Waals surface area contributed by atoms with Crippen molar-refractivity contribution in [1.29, 1.82) is 0 Å². The van der Waals surface area contributed by atoms with Gasteiger partial charge in [-0.25, -0.2) is 0 Å². The Bertz CT molecular complexity index is 542. The van der Waals surface area contributed by atoms with Gasteiger partial charge in [-0.2, -0.15) is 0 Å². The van der Waals surface area contributed by atoms with Gasteiger partial charge in [0.15, 0.2) is 0 Å². The number of rotatable bonds is 7. The van der Waals surface area contributed by atoms with Crippen molar-refractivity contribution in [2.45, 2.75) is 110 Å². The first kappa shape index (κ1) is 22.0. The van der Waals surface area contributed by atoms with Crippen LogP contribution in [0, 0.1) is 29.1 Å². The Hall–Kier alpha value is -0.160. The summed E-state index contributed by atoms with van der Waals surface area (Å²) in [6.07, 6.45) is 12.0. The fraction of sp³-hybridized carbons (Fsp3) is 1.00. The lowest BCUT2D eigenvalue weighted by Crippen LogP contribution is -2.56. The zero-order valence-corrected chi connectivity index (χ0v) is 19.5. The minimum atomic E-state index is 0.372. The van der Waals surface area contributed by atoms with Crippen LogP contribution in [0.3, 0.4) is 0 Å². The fourth-order valence-electron chi connectivity index (χ4n) is 6.04. The molecule has 4 heteroatoms. The molecule has 0 spiro atoms. The number of ether oxygens (including phenoxy) is 3. The SMILES string of the molecule is CCC(C)CC1OCC1NCC1CC2OC2CCC2(C)CC2CCC(OC)C1C. The topological polar surface area (TPSA) is 43.0 Å². The van der Waals surface area contributed by atoms with E-state index in [1.165, 1.54) is 51.4 Å². The first-order chi connectivity index (χ1) is 13.9. The summed E-state index contributed by atoms with van der Waals surface area (Å²) in [6.45, 7) is 11.5. The number of epoxide rings is 1. The van der Waals surface area contributed by atoms with Crippen LogP contribution in [0.25, 0.3) is 0 Å². The standard InChI is InChI=1S/C25H45NO3/c1-6-16(2)11-23-20(15-28-23)26-14-18-12-24-22(29-24)9-10-25(4)13-19(25)7-8-21(27-5)17(18)3/h16-24,26H,6-15H2,1-5H3. The van der Waals surface area contributed by atoms with Crippen LogP contribution in [0.15, 0.2) is 0 Å². The minimum absolute atomic E-state index is 0.372. The van der Waals surface area contributed by atoms with E-state index in [9.17, 15) is 0 Å². The molecule has 2 heterocycles. The van der Waals surface area contributed by atoms with Gasteiger partial charge in [-0.1, -0.05) is 34.1 Å². The quantitative estimate of drug-likeness (QED) is 0.615. The van der Waals surface area contributed by atoms with Crippen LogP contribution in [0.2, 0.25) is 0 Å². The highest BCUT2D eigenvalue weighted by Crippen LogP contribution is 2.59. The second kappa shape index (κ2) is 9.14. The van der Waals surface area contributed by atoms with Gasteiger partial charge in [-0.3, -0.25) is 0 Å². The monoisotopic (exact) mass is 407 g/mol. The summed E-state index contributed by atoms with van der Waals surface area (Å²) >= 11 is 0. The maximum absolute atomic E-state index is 6.13. The zero-order valence-electron chi connectivity index (χ0n) is 19.5. The summed E-state index contributed by atoms with van der Waals surface area (Å²) in [4.78, 5) is 0. The molecule has 0 bridgehead atoms. The van der Waals surface area contributed by atoms with E-state index in [1.807, 2.05) is 7.11 Å². The maximum atomic E-state index is 6.13. The van der Waals surface area contributed by atoms with E-state index in [0.717, 1.165) is 25.0 Å². The van der Waals surface area contributed by atoms with Gasteiger partial charge in [0, 0.05) is 7.11 Å². The third-order valence-corrected chi connectivity index (χ3v) is 9.11. The first-order valence-electron chi connectivity index (χ1n) is 12.5. The zero-order chi connectivity index (χ0) is 20.6. The molecule has 0 aromatic rings. The van der Waals surface area contributed by atoms with Crippen molar-refractivity contribution >= 4 is 0 Å². The molecule has 4 aliphatic rings. The van der Waals surface area contributed by atoms with Crippen molar-refractivity contribution in [1.82, 2.24) is 5.32 Å². The molecule has 4 nitrogen and oxygen atoms in total. The molecule has 0 amide bonds. The summed E-state index contributed by atoms with van der Waals surface area (Å²) in [6, 6.07) is 0.529. The van der Waals surface area contributed by atoms with E-state index in [0.29, 0.717) is 47.7 Å². The van der Waals surface area contributed by atoms with E-state index in [-0.39, 0.29) is 0 Å². The number of methoxy groups -OCH3 is 1. The van der Waals surface area contributed by atoms with E-state index in [4.69, 9.17) is 14.2 Å². The Balaban J connectivity index is 1.34. The highest BCUT2D eigenvalue weighted by atomic mass is 16.6. The van der Waals surface area contributed by atoms with E-state index >= 15 is 0 Å². The summed E-state index contributed by atoms with van der Waals surface area (Å²) in [5.74, 6) is 2.84. The second-order valence-corrected chi connectivity index (χ2v) is 11.1. The predicted molar refractivity (Wildman–Crippen MR) is 117 cm³/mol. The predicted octanol–water partition coefficient (Wildman–Crippen LogP) is 4.80. The minimum Gasteiger partial charge on any atom is -0.381 e. The smallest absolute Gasteiger partial charge is 0.0845 e. The molecule has 168 valence electrons. The van der Waals surface area contributed by atoms with Crippen LogP contribution < -0.4 is 5.32 Å². The molecule has 29 heavy (non-hydrogen) atoms. The summed E-state index contributed by atoms with van der Waals surface area (Å²) in [7, 11) is 1.92. The van der Waals surface area contributed by atoms with Crippen molar-refractivity contribution in [2.75, 3.05) is 20.3 Å². The number of hydrogen-bond donors (Lipinski definition) is 1. The molecule has 2 aliphatic carbocycles. The van der Waals surface area contributed by atoms with E-state index < -0.39 is 0 Å². The Morgan fingerprint density at radius 3 is 2.72 bits per heavy atom. The third-order valence-electron chi connectivity index (χ3n) is 9.11. The number of fused-ring (bicyclic) bond motifs is 2. The lowest BCUT2D eigenvalue weighted by atomic mass is 9.81. The summed E-state index contributed by atoms with van der Waals surface area (Å²) < 4.78 is 18.0. The molecule has 0 radical (unpaired) electrons. The van der Waals surface area contributed by atoms with Gasteiger partial charge in [0.05, 0.1) is 37.1 Å². The summed E-state index contributed by atoms with van der Waals surface area (Å²) in [5, 5.41) is 3.88. The molecule has 0 aromatic carbocycles. The van der Waals surface area contributed by atoms with Crippen LogP contribution in [-0.2, 0) is 14.2 Å². The van der Waals surface area contributed by atoms with Crippen molar-refractivity contribution in [3.63, 3.8) is 0 Å². The number of nitrogens with one attached hydrogen (secondary N) is 1. The van der Waals surface area contributed by atoms with Gasteiger partial charge in [0.2, 0.25) is 0 Å². The molecule has 1 N–H and O–H groups in total. The molecule has 10 unspecified atom stereocenters. The third kappa shape index (κ3) is 5.19. The molecule has 10 atom stereocenters. The first-order valence-corrected chi connectivity index (χ1v) is 12.5. The van der Waals surface area contributed by atoms with Crippen LogP contribution in [0.1, 0.15) is 79.1 Å². The Morgan fingerprint density at radius 2 is 2.03 bits per heavy atom. The number of hydrogen-bond acceptors (Lipinski definition) is 4. The molecule has 0 aromatic heterocycles. The molecule has 2 saturated heterocycles. The van der Waals surface area contributed by atoms with Crippen molar-refractivity contribution in [3.05, 3.63) is 0 Å². The maximum Gasteiger partial charge on any atom is 0.0845 e. The van der Waals surface area contributed by atoms with E-state index in [1.54, 1.807) is 0 Å². The summed E-state index contributed by atoms with van der Waals surface area (Å²) in [5.41, 5.74) is 0.590. The lowest BCUT2D eigenvalue weighted by molar-refractivity contribution is -0.0989. The largest absolute Gasteiger partial charge is 0.381 e. The molecule has 2 saturated carbocycles. The van der Waals surface area contributed by atoms with Crippen molar-refractivity contribution in [3.8, 4) is 0 Å². The average molecular weight is 408 g/mol. The van der Waals surface area contributed by atoms with Crippen LogP contribution >= 0.6 is 0 Å². The highest BCUT2D eigenvalue weighted by molar-refractivity contribution is 5.02. The molecule has 2 aliphatic heterocycles. The molecular formula is C25H45NO3. The molecule has 4 fully saturated rings. The van der Waals surface area contributed by atoms with Gasteiger partial charge in [0.1, 0.15) is 0 Å². The second-order valence-electron chi connectivity index (χ2n) is 11.1. The Morgan fingerprint density at radius 1 is 1.21 bits per heavy atom. The van der Waals surface area contributed by atoms with Gasteiger partial charge < -0.3 is 19.5 Å². The normalized spacial score (nSPS) is 48.3. The Labute approximate surface area is 178 Å². The lowest BCUT2D eigenvalue weighted by Gasteiger charge is -2.40. The Kier molecular flexibility index (Phi) is 6.95. The molecule has 4 rings (SSSR count). The molecular weight excluding hydrogens is 362 g/mol. The van der Waals surface area contributed by atoms with Gasteiger partial charge in [0.25, 0.3) is 0 Å². The average Bonchev–Trinajstić information content (AvgIpc) is 3.59. The highest BCUT2D eigenvalue weighted by Gasteiger charge is 2.52. The van der Waals surface area contributed by atoms with Crippen LogP contribution in [0.4, 0.5) is 0 Å². The van der Waals surface area contributed by atoms with Crippen LogP contribution in [0.5, 0.6) is 0 Å². The van der Waals surface area contributed by atoms with Crippen LogP contribution in [-0.4, -0.2) is 50.7 Å². The van der Waals surface area contributed by atoms with Gasteiger partial charge in [-0.15, -0.1) is 0 Å². The van der Waals surface area contributed by atoms with E-state index in [2.05, 4.69) is 33.0 Å².